The number of nitrogens with zero attached hydrogens (tertiary/aromatic N) is 4. The van der Waals surface area contributed by atoms with E-state index in [1.165, 1.54) is 4.90 Å². The Balaban J connectivity index is 2.01. The van der Waals surface area contributed by atoms with Crippen LogP contribution in [0.3, 0.4) is 0 Å². The monoisotopic (exact) mass is 528 g/mol. The Morgan fingerprint density at radius 2 is 1.50 bits per heavy atom. The molecular weight excluding hydrogens is 508 g/mol. The first-order valence-corrected chi connectivity index (χ1v) is 10.2. The highest BCUT2D eigenvalue weighted by Gasteiger charge is 2.37. The molecule has 0 N–H and O–H groups in total. The van der Waals surface area contributed by atoms with Gasteiger partial charge in [0.05, 0.1) is 6.61 Å². The summed E-state index contributed by atoms with van der Waals surface area (Å²) in [5.41, 5.74) is 0.411. The predicted molar refractivity (Wildman–Crippen MR) is 120 cm³/mol. The SMILES string of the molecule is CCOc1ccc(N(C)c2nc(N(C)c3ccc(I)cc3)ncc2C(F)(F)F)cc1. The minimum absolute atomic E-state index is 0.164. The smallest absolute Gasteiger partial charge is 0.421 e. The van der Waals surface area contributed by atoms with Gasteiger partial charge in [0, 0.05) is 35.2 Å². The van der Waals surface area contributed by atoms with Gasteiger partial charge in [-0.05, 0) is 78.0 Å². The van der Waals surface area contributed by atoms with Crippen molar-refractivity contribution in [3.8, 4) is 5.75 Å². The van der Waals surface area contributed by atoms with E-state index in [-0.39, 0.29) is 11.8 Å². The van der Waals surface area contributed by atoms with Gasteiger partial charge in [0.2, 0.25) is 5.95 Å². The van der Waals surface area contributed by atoms with E-state index >= 15 is 0 Å². The van der Waals surface area contributed by atoms with Crippen LogP contribution < -0.4 is 14.5 Å². The number of anilines is 4. The molecule has 0 unspecified atom stereocenters. The maximum atomic E-state index is 13.6. The molecule has 0 fully saturated rings. The summed E-state index contributed by atoms with van der Waals surface area (Å²) in [5, 5.41) is 0. The second-order valence-electron chi connectivity index (χ2n) is 6.43. The average Bonchev–Trinajstić information content (AvgIpc) is 2.73. The molecule has 5 nitrogen and oxygen atoms in total. The third-order valence-electron chi connectivity index (χ3n) is 4.43. The van der Waals surface area contributed by atoms with Gasteiger partial charge in [0.1, 0.15) is 11.3 Å². The van der Waals surface area contributed by atoms with Crippen LogP contribution in [0.1, 0.15) is 12.5 Å². The number of ether oxygens (including phenoxy) is 1. The van der Waals surface area contributed by atoms with Crippen LogP contribution >= 0.6 is 22.6 Å². The van der Waals surface area contributed by atoms with E-state index in [0.29, 0.717) is 18.0 Å². The van der Waals surface area contributed by atoms with E-state index in [4.69, 9.17) is 4.74 Å². The fourth-order valence-corrected chi connectivity index (χ4v) is 3.18. The third-order valence-corrected chi connectivity index (χ3v) is 5.15. The summed E-state index contributed by atoms with van der Waals surface area (Å²) in [7, 11) is 3.26. The normalized spacial score (nSPS) is 11.3. The number of halogens is 4. The molecule has 0 bridgehead atoms. The zero-order valence-corrected chi connectivity index (χ0v) is 18.8. The molecule has 0 saturated carbocycles. The number of hydrogen-bond acceptors (Lipinski definition) is 5. The van der Waals surface area contributed by atoms with Crippen LogP contribution in [0.25, 0.3) is 0 Å². The Labute approximate surface area is 186 Å². The number of benzene rings is 2. The molecule has 9 heteroatoms. The van der Waals surface area contributed by atoms with Crippen LogP contribution in [0.4, 0.5) is 36.3 Å². The van der Waals surface area contributed by atoms with Crippen LogP contribution in [-0.2, 0) is 6.18 Å². The van der Waals surface area contributed by atoms with Gasteiger partial charge in [-0.1, -0.05) is 0 Å². The summed E-state index contributed by atoms with van der Waals surface area (Å²) in [5.74, 6) is 0.582. The fraction of sp³-hybridized carbons (Fsp3) is 0.238. The van der Waals surface area contributed by atoms with Gasteiger partial charge >= 0.3 is 6.18 Å². The van der Waals surface area contributed by atoms with Crippen LogP contribution in [0.15, 0.2) is 54.7 Å². The summed E-state index contributed by atoms with van der Waals surface area (Å²) >= 11 is 2.19. The van der Waals surface area contributed by atoms with Crippen molar-refractivity contribution in [2.75, 3.05) is 30.5 Å². The zero-order valence-electron chi connectivity index (χ0n) is 16.6. The zero-order chi connectivity index (χ0) is 21.9. The molecular formula is C21H20F3IN4O. The molecule has 0 aliphatic carbocycles. The van der Waals surface area contributed by atoms with E-state index in [1.807, 2.05) is 31.2 Å². The number of rotatable bonds is 6. The number of hydrogen-bond donors (Lipinski definition) is 0. The molecule has 158 valence electrons. The van der Waals surface area contributed by atoms with Crippen molar-refractivity contribution in [3.63, 3.8) is 0 Å². The van der Waals surface area contributed by atoms with E-state index in [0.717, 1.165) is 15.5 Å². The van der Waals surface area contributed by atoms with Gasteiger partial charge in [-0.15, -0.1) is 0 Å². The maximum absolute atomic E-state index is 13.6. The molecule has 0 radical (unpaired) electrons. The molecule has 1 heterocycles. The quantitative estimate of drug-likeness (QED) is 0.366. The lowest BCUT2D eigenvalue weighted by atomic mass is 10.2. The van der Waals surface area contributed by atoms with Crippen LogP contribution in [-0.4, -0.2) is 30.7 Å². The Hall–Kier alpha value is -2.56. The van der Waals surface area contributed by atoms with Crippen molar-refractivity contribution in [3.05, 3.63) is 63.9 Å². The van der Waals surface area contributed by atoms with Crippen LogP contribution in [0.2, 0.25) is 0 Å². The largest absolute Gasteiger partial charge is 0.494 e. The molecule has 2 aromatic carbocycles. The van der Waals surface area contributed by atoms with E-state index in [2.05, 4.69) is 32.6 Å². The topological polar surface area (TPSA) is 41.5 Å². The fourth-order valence-electron chi connectivity index (χ4n) is 2.82. The summed E-state index contributed by atoms with van der Waals surface area (Å²) in [4.78, 5) is 11.3. The van der Waals surface area contributed by atoms with Gasteiger partial charge < -0.3 is 14.5 Å². The molecule has 0 saturated heterocycles. The van der Waals surface area contributed by atoms with Crippen LogP contribution in [0.5, 0.6) is 5.75 Å². The maximum Gasteiger partial charge on any atom is 0.421 e. The highest BCUT2D eigenvalue weighted by atomic mass is 127. The lowest BCUT2D eigenvalue weighted by Crippen LogP contribution is -2.21. The minimum Gasteiger partial charge on any atom is -0.494 e. The lowest BCUT2D eigenvalue weighted by molar-refractivity contribution is -0.137. The first-order chi connectivity index (χ1) is 14.2. The molecule has 1 aromatic heterocycles. The van der Waals surface area contributed by atoms with Crippen molar-refractivity contribution < 1.29 is 17.9 Å². The molecule has 3 aromatic rings. The van der Waals surface area contributed by atoms with Crippen molar-refractivity contribution in [2.45, 2.75) is 13.1 Å². The van der Waals surface area contributed by atoms with Gasteiger partial charge in [-0.2, -0.15) is 18.2 Å². The molecule has 0 amide bonds. The number of aromatic nitrogens is 2. The van der Waals surface area contributed by atoms with E-state index < -0.39 is 11.7 Å². The molecule has 30 heavy (non-hydrogen) atoms. The summed E-state index contributed by atoms with van der Waals surface area (Å²) in [6.45, 7) is 2.37. The van der Waals surface area contributed by atoms with Crippen molar-refractivity contribution >= 4 is 45.7 Å². The van der Waals surface area contributed by atoms with Crippen molar-refractivity contribution in [1.82, 2.24) is 9.97 Å². The van der Waals surface area contributed by atoms with Gasteiger partial charge in [-0.3, -0.25) is 0 Å². The first kappa shape index (κ1) is 22.1. The molecule has 0 spiro atoms. The Bertz CT molecular complexity index is 995. The average molecular weight is 528 g/mol. The first-order valence-electron chi connectivity index (χ1n) is 9.11. The summed E-state index contributed by atoms with van der Waals surface area (Å²) in [6, 6.07) is 14.3. The van der Waals surface area contributed by atoms with Gasteiger partial charge in [0.25, 0.3) is 0 Å². The Kier molecular flexibility index (Phi) is 6.69. The van der Waals surface area contributed by atoms with Gasteiger partial charge in [0.15, 0.2) is 5.82 Å². The molecule has 0 aliphatic rings. The van der Waals surface area contributed by atoms with E-state index in [9.17, 15) is 13.2 Å². The molecule has 0 aliphatic heterocycles. The molecule has 0 atom stereocenters. The van der Waals surface area contributed by atoms with E-state index in [1.54, 1.807) is 43.3 Å². The Morgan fingerprint density at radius 1 is 0.933 bits per heavy atom. The lowest BCUT2D eigenvalue weighted by Gasteiger charge is -2.25. The number of alkyl halides is 3. The Morgan fingerprint density at radius 3 is 2.07 bits per heavy atom. The van der Waals surface area contributed by atoms with Crippen molar-refractivity contribution in [2.24, 2.45) is 0 Å². The van der Waals surface area contributed by atoms with Crippen LogP contribution in [0, 0.1) is 3.57 Å². The summed E-state index contributed by atoms with van der Waals surface area (Å²) in [6.07, 6.45) is -3.76. The standard InChI is InChI=1S/C21H20F3IN4O/c1-4-30-17-11-9-15(10-12-17)28(2)19-18(21(22,23)24)13-26-20(27-19)29(3)16-7-5-14(25)6-8-16/h5-13H,4H2,1-3H3. The highest BCUT2D eigenvalue weighted by molar-refractivity contribution is 14.1. The molecule has 3 rings (SSSR count). The van der Waals surface area contributed by atoms with Gasteiger partial charge in [-0.25, -0.2) is 4.98 Å². The van der Waals surface area contributed by atoms with Crippen molar-refractivity contribution in [1.29, 1.82) is 0 Å². The highest BCUT2D eigenvalue weighted by Crippen LogP contribution is 2.38. The third kappa shape index (κ3) is 4.94. The minimum atomic E-state index is -4.59. The predicted octanol–water partition coefficient (Wildman–Crippen LogP) is 6.03. The summed E-state index contributed by atoms with van der Waals surface area (Å²) < 4.78 is 47.4. The second-order valence-corrected chi connectivity index (χ2v) is 7.67. The second kappa shape index (κ2) is 9.07.